The van der Waals surface area contributed by atoms with Gasteiger partial charge in [0.05, 0.1) is 26.2 Å². The molecule has 1 aliphatic rings. The number of halogens is 1. The Labute approximate surface area is 160 Å². The van der Waals surface area contributed by atoms with Crippen molar-refractivity contribution in [2.24, 2.45) is 0 Å². The number of amides is 1. The fourth-order valence-electron chi connectivity index (χ4n) is 3.39. The molecule has 1 heterocycles. The monoisotopic (exact) mass is 372 g/mol. The Morgan fingerprint density at radius 3 is 2.58 bits per heavy atom. The summed E-state index contributed by atoms with van der Waals surface area (Å²) in [5.41, 5.74) is 2.49. The smallest absolute Gasteiger partial charge is 0.275 e. The molecular weight excluding hydrogens is 346 g/mol. The van der Waals surface area contributed by atoms with Crippen LogP contribution < -0.4 is 15.1 Å². The van der Waals surface area contributed by atoms with E-state index in [1.807, 2.05) is 24.3 Å². The SMILES string of the molecule is O=C(C[NH+]1CCN(c2cccc(Cl)c2)CC1)NCCCc1ccccc1. The van der Waals surface area contributed by atoms with Gasteiger partial charge in [0.2, 0.25) is 0 Å². The number of piperazine rings is 1. The molecule has 0 bridgehead atoms. The summed E-state index contributed by atoms with van der Waals surface area (Å²) in [4.78, 5) is 15.8. The lowest BCUT2D eigenvalue weighted by Crippen LogP contribution is -3.15. The number of nitrogens with zero attached hydrogens (tertiary/aromatic N) is 1. The highest BCUT2D eigenvalue weighted by Gasteiger charge is 2.22. The number of carbonyl (C=O) groups excluding carboxylic acids is 1. The Kier molecular flexibility index (Phi) is 6.92. The number of aryl methyl sites for hydroxylation is 1. The van der Waals surface area contributed by atoms with Crippen molar-refractivity contribution in [3.8, 4) is 0 Å². The highest BCUT2D eigenvalue weighted by atomic mass is 35.5. The van der Waals surface area contributed by atoms with Gasteiger partial charge in [-0.3, -0.25) is 4.79 Å². The zero-order valence-electron chi connectivity index (χ0n) is 15.1. The highest BCUT2D eigenvalue weighted by molar-refractivity contribution is 6.30. The van der Waals surface area contributed by atoms with Gasteiger partial charge in [-0.1, -0.05) is 48.0 Å². The van der Waals surface area contributed by atoms with Crippen LogP contribution in [-0.4, -0.2) is 45.2 Å². The molecule has 2 aromatic rings. The third kappa shape index (κ3) is 5.75. The first kappa shape index (κ1) is 18.7. The summed E-state index contributed by atoms with van der Waals surface area (Å²) in [6.07, 6.45) is 1.99. The molecule has 0 atom stereocenters. The Balaban J connectivity index is 1.33. The van der Waals surface area contributed by atoms with Crippen LogP contribution in [-0.2, 0) is 11.2 Å². The molecule has 26 heavy (non-hydrogen) atoms. The average Bonchev–Trinajstić information content (AvgIpc) is 2.67. The molecule has 0 unspecified atom stereocenters. The second-order valence-electron chi connectivity index (χ2n) is 6.83. The summed E-state index contributed by atoms with van der Waals surface area (Å²) in [6.45, 7) is 5.17. The first-order valence-electron chi connectivity index (χ1n) is 9.35. The van der Waals surface area contributed by atoms with Crippen LogP contribution in [0.5, 0.6) is 0 Å². The van der Waals surface area contributed by atoms with E-state index >= 15 is 0 Å². The molecule has 1 amide bonds. The van der Waals surface area contributed by atoms with E-state index in [1.54, 1.807) is 0 Å². The van der Waals surface area contributed by atoms with Gasteiger partial charge in [-0.05, 0) is 36.6 Å². The van der Waals surface area contributed by atoms with E-state index in [0.717, 1.165) is 50.6 Å². The Bertz CT molecular complexity index is 699. The van der Waals surface area contributed by atoms with Gasteiger partial charge in [0.1, 0.15) is 0 Å². The molecule has 0 aliphatic carbocycles. The minimum Gasteiger partial charge on any atom is -0.360 e. The largest absolute Gasteiger partial charge is 0.360 e. The number of rotatable bonds is 7. The Morgan fingerprint density at radius 2 is 1.85 bits per heavy atom. The fourth-order valence-corrected chi connectivity index (χ4v) is 3.57. The van der Waals surface area contributed by atoms with Crippen molar-refractivity contribution >= 4 is 23.2 Å². The number of nitrogens with one attached hydrogen (secondary N) is 2. The lowest BCUT2D eigenvalue weighted by Gasteiger charge is -2.33. The third-order valence-electron chi connectivity index (χ3n) is 4.86. The van der Waals surface area contributed by atoms with Gasteiger partial charge in [-0.2, -0.15) is 0 Å². The van der Waals surface area contributed by atoms with Gasteiger partial charge < -0.3 is 15.1 Å². The maximum absolute atomic E-state index is 12.2. The van der Waals surface area contributed by atoms with Crippen molar-refractivity contribution in [2.45, 2.75) is 12.8 Å². The number of benzene rings is 2. The predicted molar refractivity (Wildman–Crippen MR) is 107 cm³/mol. The van der Waals surface area contributed by atoms with Crippen LogP contribution in [0, 0.1) is 0 Å². The zero-order chi connectivity index (χ0) is 18.2. The molecule has 1 aliphatic heterocycles. The molecule has 2 N–H and O–H groups in total. The maximum Gasteiger partial charge on any atom is 0.275 e. The van der Waals surface area contributed by atoms with Crippen LogP contribution in [0.3, 0.4) is 0 Å². The van der Waals surface area contributed by atoms with E-state index < -0.39 is 0 Å². The number of anilines is 1. The van der Waals surface area contributed by atoms with Crippen LogP contribution in [0.25, 0.3) is 0 Å². The summed E-state index contributed by atoms with van der Waals surface area (Å²) in [7, 11) is 0. The predicted octanol–water partition coefficient (Wildman–Crippen LogP) is 1.79. The minimum absolute atomic E-state index is 0.157. The molecular formula is C21H27ClN3O+. The molecule has 1 saturated heterocycles. The van der Waals surface area contributed by atoms with Gasteiger partial charge >= 0.3 is 0 Å². The van der Waals surface area contributed by atoms with Crippen molar-refractivity contribution in [3.63, 3.8) is 0 Å². The van der Waals surface area contributed by atoms with Crippen molar-refractivity contribution < 1.29 is 9.69 Å². The molecule has 4 nitrogen and oxygen atoms in total. The maximum atomic E-state index is 12.2. The number of carbonyl (C=O) groups is 1. The van der Waals surface area contributed by atoms with E-state index in [1.165, 1.54) is 16.2 Å². The van der Waals surface area contributed by atoms with Crippen LogP contribution in [0.15, 0.2) is 54.6 Å². The first-order chi connectivity index (χ1) is 12.7. The molecule has 0 aromatic heterocycles. The highest BCUT2D eigenvalue weighted by Crippen LogP contribution is 2.19. The van der Waals surface area contributed by atoms with Gasteiger partial charge in [0, 0.05) is 17.3 Å². The van der Waals surface area contributed by atoms with Crippen LogP contribution in [0.2, 0.25) is 5.02 Å². The van der Waals surface area contributed by atoms with Crippen molar-refractivity contribution in [3.05, 3.63) is 65.2 Å². The van der Waals surface area contributed by atoms with Crippen molar-refractivity contribution in [2.75, 3.05) is 44.2 Å². The summed E-state index contributed by atoms with van der Waals surface area (Å²) in [6, 6.07) is 18.4. The standard InChI is InChI=1S/C21H26ClN3O/c22-19-9-4-10-20(16-19)25-14-12-24(13-15-25)17-21(26)23-11-5-8-18-6-2-1-3-7-18/h1-4,6-7,9-10,16H,5,8,11-15,17H2,(H,23,26)/p+1. The second kappa shape index (κ2) is 9.60. The normalized spacial score (nSPS) is 15.0. The summed E-state index contributed by atoms with van der Waals surface area (Å²) in [5.74, 6) is 0.157. The van der Waals surface area contributed by atoms with Crippen LogP contribution in [0.4, 0.5) is 5.69 Å². The summed E-state index contributed by atoms with van der Waals surface area (Å²) < 4.78 is 0. The van der Waals surface area contributed by atoms with Crippen LogP contribution in [0.1, 0.15) is 12.0 Å². The lowest BCUT2D eigenvalue weighted by atomic mass is 10.1. The third-order valence-corrected chi connectivity index (χ3v) is 5.10. The zero-order valence-corrected chi connectivity index (χ0v) is 15.8. The fraction of sp³-hybridized carbons (Fsp3) is 0.381. The number of hydrogen-bond donors (Lipinski definition) is 2. The quantitative estimate of drug-likeness (QED) is 0.727. The average molecular weight is 373 g/mol. The van der Waals surface area contributed by atoms with Crippen LogP contribution >= 0.6 is 11.6 Å². The van der Waals surface area contributed by atoms with Gasteiger partial charge in [-0.15, -0.1) is 0 Å². The summed E-state index contributed by atoms with van der Waals surface area (Å²) >= 11 is 6.08. The van der Waals surface area contributed by atoms with Gasteiger partial charge in [0.15, 0.2) is 6.54 Å². The molecule has 0 radical (unpaired) electrons. The molecule has 1 fully saturated rings. The molecule has 0 spiro atoms. The molecule has 5 heteroatoms. The first-order valence-corrected chi connectivity index (χ1v) is 9.73. The van der Waals surface area contributed by atoms with E-state index in [0.29, 0.717) is 6.54 Å². The minimum atomic E-state index is 0.157. The van der Waals surface area contributed by atoms with E-state index in [-0.39, 0.29) is 5.91 Å². The van der Waals surface area contributed by atoms with E-state index in [4.69, 9.17) is 11.6 Å². The molecule has 3 rings (SSSR count). The Hall–Kier alpha value is -2.04. The van der Waals surface area contributed by atoms with E-state index in [9.17, 15) is 4.79 Å². The lowest BCUT2D eigenvalue weighted by molar-refractivity contribution is -0.892. The van der Waals surface area contributed by atoms with Gasteiger partial charge in [-0.25, -0.2) is 0 Å². The summed E-state index contributed by atoms with van der Waals surface area (Å²) in [5, 5.41) is 3.83. The molecule has 138 valence electrons. The second-order valence-corrected chi connectivity index (χ2v) is 7.27. The Morgan fingerprint density at radius 1 is 1.08 bits per heavy atom. The van der Waals surface area contributed by atoms with E-state index in [2.05, 4.69) is 40.5 Å². The number of hydrogen-bond acceptors (Lipinski definition) is 2. The topological polar surface area (TPSA) is 36.8 Å². The molecule has 0 saturated carbocycles. The van der Waals surface area contributed by atoms with Gasteiger partial charge in [0.25, 0.3) is 5.91 Å². The van der Waals surface area contributed by atoms with Crippen molar-refractivity contribution in [1.29, 1.82) is 0 Å². The number of quaternary nitrogens is 1. The van der Waals surface area contributed by atoms with Crippen molar-refractivity contribution in [1.82, 2.24) is 5.32 Å². The molecule has 2 aromatic carbocycles.